The van der Waals surface area contributed by atoms with Crippen LogP contribution in [-0.4, -0.2) is 6.29 Å². The summed E-state index contributed by atoms with van der Waals surface area (Å²) in [6.07, 6.45) is 6.37. The Morgan fingerprint density at radius 1 is 1.22 bits per heavy atom. The van der Waals surface area contributed by atoms with Crippen LogP contribution in [0.5, 0.6) is 0 Å². The zero-order chi connectivity index (χ0) is 6.27. The smallest absolute Gasteiger partial charge is 0.123 e. The fraction of sp³-hybridized carbons (Fsp3) is 0.875. The van der Waals surface area contributed by atoms with Crippen LogP contribution < -0.4 is 0 Å². The maximum Gasteiger partial charge on any atom is 0.123 e. The number of aldehydes is 1. The molecular weight excluding hydrogens is 112 g/mol. The number of hydrogen-bond acceptors (Lipinski definition) is 1. The summed E-state index contributed by atoms with van der Waals surface area (Å²) in [7, 11) is 0. The number of carbonyl (C=O) groups is 1. The molecule has 50 valence electrons. The van der Waals surface area contributed by atoms with E-state index < -0.39 is 0 Å². The molecule has 0 amide bonds. The average Bonchev–Trinajstić information content (AvgIpc) is 1.86. The van der Waals surface area contributed by atoms with Crippen LogP contribution in [0.2, 0.25) is 0 Å². The molecule has 3 saturated carbocycles. The van der Waals surface area contributed by atoms with Crippen molar-refractivity contribution in [1.82, 2.24) is 0 Å². The highest BCUT2D eigenvalue weighted by Crippen LogP contribution is 2.47. The summed E-state index contributed by atoms with van der Waals surface area (Å²) >= 11 is 0. The van der Waals surface area contributed by atoms with E-state index >= 15 is 0 Å². The normalized spacial score (nSPS) is 47.8. The van der Waals surface area contributed by atoms with Gasteiger partial charge in [-0.1, -0.05) is 0 Å². The van der Waals surface area contributed by atoms with E-state index in [0.717, 1.165) is 11.8 Å². The molecule has 0 aromatic carbocycles. The van der Waals surface area contributed by atoms with Gasteiger partial charge in [-0.15, -0.1) is 0 Å². The van der Waals surface area contributed by atoms with Gasteiger partial charge in [-0.25, -0.2) is 0 Å². The van der Waals surface area contributed by atoms with E-state index in [1.54, 1.807) is 0 Å². The molecular formula is C8H12O. The van der Waals surface area contributed by atoms with Gasteiger partial charge in [-0.05, 0) is 37.5 Å². The first-order chi connectivity index (χ1) is 4.40. The first kappa shape index (κ1) is 5.45. The van der Waals surface area contributed by atoms with Crippen LogP contribution >= 0.6 is 0 Å². The van der Waals surface area contributed by atoms with Crippen molar-refractivity contribution in [3.05, 3.63) is 0 Å². The van der Waals surface area contributed by atoms with Gasteiger partial charge in [0.05, 0.1) is 0 Å². The van der Waals surface area contributed by atoms with Crippen LogP contribution in [0, 0.1) is 17.8 Å². The van der Waals surface area contributed by atoms with Gasteiger partial charge >= 0.3 is 0 Å². The largest absolute Gasteiger partial charge is 0.303 e. The molecule has 0 N–H and O–H groups in total. The van der Waals surface area contributed by atoms with Crippen molar-refractivity contribution in [2.24, 2.45) is 17.8 Å². The van der Waals surface area contributed by atoms with Crippen molar-refractivity contribution in [2.45, 2.75) is 25.7 Å². The highest BCUT2D eigenvalue weighted by molar-refractivity contribution is 5.54. The molecule has 1 nitrogen and oxygen atoms in total. The molecule has 1 heteroatoms. The van der Waals surface area contributed by atoms with Crippen molar-refractivity contribution < 1.29 is 4.79 Å². The summed E-state index contributed by atoms with van der Waals surface area (Å²) in [4.78, 5) is 10.4. The minimum absolute atomic E-state index is 0.440. The highest BCUT2D eigenvalue weighted by atomic mass is 16.1. The maximum absolute atomic E-state index is 10.4. The van der Waals surface area contributed by atoms with Gasteiger partial charge in [0.1, 0.15) is 6.29 Å². The van der Waals surface area contributed by atoms with E-state index in [2.05, 4.69) is 0 Å². The summed E-state index contributed by atoms with van der Waals surface area (Å²) < 4.78 is 0. The molecule has 1 atom stereocenters. The molecule has 1 unspecified atom stereocenters. The van der Waals surface area contributed by atoms with E-state index in [-0.39, 0.29) is 0 Å². The van der Waals surface area contributed by atoms with Crippen molar-refractivity contribution in [3.63, 3.8) is 0 Å². The second kappa shape index (κ2) is 1.83. The molecule has 0 aliphatic heterocycles. The second-order valence-electron chi connectivity index (χ2n) is 3.47. The number of hydrogen-bond donors (Lipinski definition) is 0. The third kappa shape index (κ3) is 0.707. The third-order valence-electron chi connectivity index (χ3n) is 2.96. The average molecular weight is 124 g/mol. The quantitative estimate of drug-likeness (QED) is 0.485. The monoisotopic (exact) mass is 124 g/mol. The minimum Gasteiger partial charge on any atom is -0.303 e. The summed E-state index contributed by atoms with van der Waals surface area (Å²) in [5.74, 6) is 2.24. The van der Waals surface area contributed by atoms with Gasteiger partial charge in [0.15, 0.2) is 0 Å². The number of fused-ring (bicyclic) bond motifs is 2. The standard InChI is InChI=1S/C8H12O/c9-5-7-2-1-6-3-8(7)4-6/h5-8H,1-4H2. The fourth-order valence-corrected chi connectivity index (χ4v) is 2.22. The Kier molecular flexibility index (Phi) is 1.11. The molecule has 0 aromatic rings. The lowest BCUT2D eigenvalue weighted by Crippen LogP contribution is -2.36. The molecule has 0 aromatic heterocycles. The van der Waals surface area contributed by atoms with Crippen molar-refractivity contribution in [2.75, 3.05) is 0 Å². The minimum atomic E-state index is 0.440. The van der Waals surface area contributed by atoms with Gasteiger partial charge in [-0.3, -0.25) is 0 Å². The van der Waals surface area contributed by atoms with E-state index in [0.29, 0.717) is 5.92 Å². The van der Waals surface area contributed by atoms with Gasteiger partial charge in [0, 0.05) is 5.92 Å². The molecule has 3 aliphatic rings. The number of carbonyl (C=O) groups excluding carboxylic acids is 1. The predicted molar refractivity (Wildman–Crippen MR) is 35.0 cm³/mol. The van der Waals surface area contributed by atoms with Crippen LogP contribution in [0.25, 0.3) is 0 Å². The zero-order valence-corrected chi connectivity index (χ0v) is 5.55. The SMILES string of the molecule is O=CC1CCC2CC1C2. The van der Waals surface area contributed by atoms with Crippen LogP contribution in [0.1, 0.15) is 25.7 Å². The predicted octanol–water partition coefficient (Wildman–Crippen LogP) is 1.62. The second-order valence-corrected chi connectivity index (χ2v) is 3.47. The molecule has 0 saturated heterocycles. The Balaban J connectivity index is 2.01. The lowest BCUT2D eigenvalue weighted by atomic mass is 9.60. The topological polar surface area (TPSA) is 17.1 Å². The molecule has 3 aliphatic carbocycles. The van der Waals surface area contributed by atoms with Crippen molar-refractivity contribution in [3.8, 4) is 0 Å². The van der Waals surface area contributed by atoms with Gasteiger partial charge in [0.2, 0.25) is 0 Å². The fourth-order valence-electron chi connectivity index (χ4n) is 2.22. The molecule has 2 bridgehead atoms. The van der Waals surface area contributed by atoms with Crippen molar-refractivity contribution >= 4 is 6.29 Å². The van der Waals surface area contributed by atoms with Crippen molar-refractivity contribution in [1.29, 1.82) is 0 Å². The molecule has 9 heavy (non-hydrogen) atoms. The van der Waals surface area contributed by atoms with Crippen LogP contribution in [-0.2, 0) is 4.79 Å². The Hall–Kier alpha value is -0.330. The molecule has 0 spiro atoms. The third-order valence-corrected chi connectivity index (χ3v) is 2.96. The lowest BCUT2D eigenvalue weighted by Gasteiger charge is -2.44. The van der Waals surface area contributed by atoms with Crippen LogP contribution in [0.4, 0.5) is 0 Å². The van der Waals surface area contributed by atoms with E-state index in [1.165, 1.54) is 32.0 Å². The van der Waals surface area contributed by atoms with E-state index in [4.69, 9.17) is 0 Å². The van der Waals surface area contributed by atoms with Crippen LogP contribution in [0.15, 0.2) is 0 Å². The summed E-state index contributed by atoms with van der Waals surface area (Å²) in [5.41, 5.74) is 0. The number of rotatable bonds is 1. The molecule has 3 fully saturated rings. The zero-order valence-electron chi connectivity index (χ0n) is 5.55. The Morgan fingerprint density at radius 3 is 2.33 bits per heavy atom. The Labute approximate surface area is 55.4 Å². The summed E-state index contributed by atoms with van der Waals surface area (Å²) in [5, 5.41) is 0. The molecule has 0 radical (unpaired) electrons. The first-order valence-corrected chi connectivity index (χ1v) is 3.85. The first-order valence-electron chi connectivity index (χ1n) is 3.85. The van der Waals surface area contributed by atoms with Gasteiger partial charge < -0.3 is 4.79 Å². The van der Waals surface area contributed by atoms with Gasteiger partial charge in [0.25, 0.3) is 0 Å². The molecule has 0 heterocycles. The lowest BCUT2D eigenvalue weighted by molar-refractivity contribution is -0.116. The van der Waals surface area contributed by atoms with E-state index in [9.17, 15) is 4.79 Å². The van der Waals surface area contributed by atoms with Gasteiger partial charge in [-0.2, -0.15) is 0 Å². The highest BCUT2D eigenvalue weighted by Gasteiger charge is 2.39. The summed E-state index contributed by atoms with van der Waals surface area (Å²) in [6.45, 7) is 0. The Bertz CT molecular complexity index is 122. The van der Waals surface area contributed by atoms with E-state index in [1.807, 2.05) is 0 Å². The Morgan fingerprint density at radius 2 is 2.00 bits per heavy atom. The summed E-state index contributed by atoms with van der Waals surface area (Å²) in [6, 6.07) is 0. The van der Waals surface area contributed by atoms with Crippen LogP contribution in [0.3, 0.4) is 0 Å². The maximum atomic E-state index is 10.4. The molecule has 3 rings (SSSR count).